The van der Waals surface area contributed by atoms with Crippen molar-refractivity contribution in [1.29, 1.82) is 0 Å². The van der Waals surface area contributed by atoms with Crippen molar-refractivity contribution in [2.75, 3.05) is 13.6 Å². The molecule has 106 valence electrons. The van der Waals surface area contributed by atoms with Gasteiger partial charge in [-0.1, -0.05) is 54.1 Å². The fraction of sp³-hybridized carbons (Fsp3) is 0.333. The van der Waals surface area contributed by atoms with Crippen LogP contribution < -0.4 is 0 Å². The van der Waals surface area contributed by atoms with Crippen molar-refractivity contribution in [1.82, 2.24) is 4.90 Å². The van der Waals surface area contributed by atoms with Gasteiger partial charge in [0, 0.05) is 13.1 Å². The van der Waals surface area contributed by atoms with Crippen LogP contribution in [-0.4, -0.2) is 23.6 Å². The largest absolute Gasteiger partial charge is 0.387 e. The first-order valence-corrected chi connectivity index (χ1v) is 7.04. The molecule has 0 aliphatic rings. The van der Waals surface area contributed by atoms with Crippen molar-refractivity contribution in [2.45, 2.75) is 26.5 Å². The standard InChI is InChI=1S/C18H23NO/c1-14-8-10-16(11-9-14)18(20)13-19(3)12-17-7-5-4-6-15(17)2/h4-11,18,20H,12-13H2,1-3H3. The highest BCUT2D eigenvalue weighted by molar-refractivity contribution is 5.26. The molecule has 0 aromatic heterocycles. The van der Waals surface area contributed by atoms with E-state index in [0.717, 1.165) is 12.1 Å². The van der Waals surface area contributed by atoms with E-state index in [0.29, 0.717) is 6.54 Å². The molecule has 0 saturated heterocycles. The van der Waals surface area contributed by atoms with Crippen molar-refractivity contribution in [2.24, 2.45) is 0 Å². The van der Waals surface area contributed by atoms with Crippen molar-refractivity contribution in [3.8, 4) is 0 Å². The van der Waals surface area contributed by atoms with E-state index >= 15 is 0 Å². The van der Waals surface area contributed by atoms with Gasteiger partial charge in [-0.15, -0.1) is 0 Å². The summed E-state index contributed by atoms with van der Waals surface area (Å²) in [5, 5.41) is 10.3. The molecule has 2 rings (SSSR count). The summed E-state index contributed by atoms with van der Waals surface area (Å²) >= 11 is 0. The second kappa shape index (κ2) is 6.69. The van der Waals surface area contributed by atoms with Gasteiger partial charge in [0.2, 0.25) is 0 Å². The fourth-order valence-electron chi connectivity index (χ4n) is 2.33. The van der Waals surface area contributed by atoms with E-state index in [1.54, 1.807) is 0 Å². The Morgan fingerprint density at radius 3 is 2.30 bits per heavy atom. The topological polar surface area (TPSA) is 23.5 Å². The lowest BCUT2D eigenvalue weighted by Crippen LogP contribution is -2.24. The summed E-state index contributed by atoms with van der Waals surface area (Å²) < 4.78 is 0. The normalized spacial score (nSPS) is 12.7. The molecule has 0 saturated carbocycles. The number of nitrogens with zero attached hydrogens (tertiary/aromatic N) is 1. The molecule has 0 amide bonds. The molecule has 0 heterocycles. The smallest absolute Gasteiger partial charge is 0.0916 e. The lowest BCUT2D eigenvalue weighted by Gasteiger charge is -2.21. The van der Waals surface area contributed by atoms with Crippen molar-refractivity contribution in [3.63, 3.8) is 0 Å². The number of likely N-dealkylation sites (N-methyl/N-ethyl adjacent to an activating group) is 1. The van der Waals surface area contributed by atoms with Gasteiger partial charge >= 0.3 is 0 Å². The SMILES string of the molecule is Cc1ccc(C(O)CN(C)Cc2ccccc2C)cc1. The quantitative estimate of drug-likeness (QED) is 0.898. The van der Waals surface area contributed by atoms with Crippen LogP contribution in [0.4, 0.5) is 0 Å². The Labute approximate surface area is 121 Å². The van der Waals surface area contributed by atoms with E-state index in [1.165, 1.54) is 16.7 Å². The summed E-state index contributed by atoms with van der Waals surface area (Å²) in [4.78, 5) is 2.16. The third kappa shape index (κ3) is 3.92. The van der Waals surface area contributed by atoms with Gasteiger partial charge < -0.3 is 5.11 Å². The van der Waals surface area contributed by atoms with Crippen LogP contribution in [0, 0.1) is 13.8 Å². The van der Waals surface area contributed by atoms with Gasteiger partial charge in [-0.3, -0.25) is 4.90 Å². The van der Waals surface area contributed by atoms with Gasteiger partial charge in [-0.25, -0.2) is 0 Å². The number of aryl methyl sites for hydroxylation is 2. The summed E-state index contributed by atoms with van der Waals surface area (Å²) in [5.74, 6) is 0. The maximum Gasteiger partial charge on any atom is 0.0916 e. The summed E-state index contributed by atoms with van der Waals surface area (Å²) in [7, 11) is 2.05. The monoisotopic (exact) mass is 269 g/mol. The van der Waals surface area contributed by atoms with E-state index in [-0.39, 0.29) is 0 Å². The van der Waals surface area contributed by atoms with Crippen LogP contribution in [0.5, 0.6) is 0 Å². The maximum atomic E-state index is 10.3. The molecular formula is C18H23NO. The summed E-state index contributed by atoms with van der Waals surface area (Å²) in [5.41, 5.74) is 4.80. The van der Waals surface area contributed by atoms with Crippen LogP contribution in [0.15, 0.2) is 48.5 Å². The molecule has 0 aliphatic heterocycles. The average Bonchev–Trinajstić information content (AvgIpc) is 2.42. The number of hydrogen-bond acceptors (Lipinski definition) is 2. The minimum absolute atomic E-state index is 0.440. The van der Waals surface area contributed by atoms with Crippen LogP contribution in [0.1, 0.15) is 28.4 Å². The molecule has 0 bridgehead atoms. The van der Waals surface area contributed by atoms with E-state index in [4.69, 9.17) is 0 Å². The summed E-state index contributed by atoms with van der Waals surface area (Å²) in [6.07, 6.45) is -0.440. The molecule has 1 N–H and O–H groups in total. The van der Waals surface area contributed by atoms with E-state index in [2.05, 4.69) is 43.0 Å². The number of benzene rings is 2. The highest BCUT2D eigenvalue weighted by Crippen LogP contribution is 2.16. The molecule has 2 nitrogen and oxygen atoms in total. The molecular weight excluding hydrogens is 246 g/mol. The zero-order chi connectivity index (χ0) is 14.5. The Balaban J connectivity index is 1.96. The van der Waals surface area contributed by atoms with Crippen LogP contribution in [0.25, 0.3) is 0 Å². The zero-order valence-corrected chi connectivity index (χ0v) is 12.5. The Morgan fingerprint density at radius 2 is 1.65 bits per heavy atom. The zero-order valence-electron chi connectivity index (χ0n) is 12.5. The molecule has 1 atom stereocenters. The molecule has 2 aromatic rings. The Morgan fingerprint density at radius 1 is 1.00 bits per heavy atom. The van der Waals surface area contributed by atoms with Gasteiger partial charge in [0.1, 0.15) is 0 Å². The molecule has 0 radical (unpaired) electrons. The van der Waals surface area contributed by atoms with Gasteiger partial charge in [-0.05, 0) is 37.6 Å². The summed E-state index contributed by atoms with van der Waals surface area (Å²) in [6, 6.07) is 16.5. The summed E-state index contributed by atoms with van der Waals surface area (Å²) in [6.45, 7) is 5.67. The lowest BCUT2D eigenvalue weighted by atomic mass is 10.1. The van der Waals surface area contributed by atoms with Gasteiger partial charge in [-0.2, -0.15) is 0 Å². The highest BCUT2D eigenvalue weighted by Gasteiger charge is 2.11. The number of aliphatic hydroxyl groups excluding tert-OH is 1. The first kappa shape index (κ1) is 14.8. The van der Waals surface area contributed by atoms with E-state index in [9.17, 15) is 5.11 Å². The predicted octanol–water partition coefficient (Wildman–Crippen LogP) is 3.47. The molecule has 20 heavy (non-hydrogen) atoms. The molecule has 1 unspecified atom stereocenters. The minimum Gasteiger partial charge on any atom is -0.387 e. The van der Waals surface area contributed by atoms with Crippen molar-refractivity contribution < 1.29 is 5.11 Å². The number of aliphatic hydroxyl groups is 1. The second-order valence-corrected chi connectivity index (χ2v) is 5.55. The van der Waals surface area contributed by atoms with Crippen LogP contribution in [0.3, 0.4) is 0 Å². The van der Waals surface area contributed by atoms with Crippen LogP contribution in [0.2, 0.25) is 0 Å². The molecule has 0 aliphatic carbocycles. The van der Waals surface area contributed by atoms with Crippen LogP contribution in [-0.2, 0) is 6.54 Å². The van der Waals surface area contributed by atoms with E-state index < -0.39 is 6.10 Å². The number of rotatable bonds is 5. The molecule has 2 aromatic carbocycles. The average molecular weight is 269 g/mol. The van der Waals surface area contributed by atoms with Gasteiger partial charge in [0.25, 0.3) is 0 Å². The lowest BCUT2D eigenvalue weighted by molar-refractivity contribution is 0.123. The Hall–Kier alpha value is -1.64. The molecule has 0 spiro atoms. The fourth-order valence-corrected chi connectivity index (χ4v) is 2.33. The minimum atomic E-state index is -0.440. The third-order valence-electron chi connectivity index (χ3n) is 3.65. The third-order valence-corrected chi connectivity index (χ3v) is 3.65. The molecule has 0 fully saturated rings. The second-order valence-electron chi connectivity index (χ2n) is 5.55. The Kier molecular flexibility index (Phi) is 4.94. The van der Waals surface area contributed by atoms with Gasteiger partial charge in [0.15, 0.2) is 0 Å². The van der Waals surface area contributed by atoms with E-state index in [1.807, 2.05) is 31.3 Å². The first-order chi connectivity index (χ1) is 9.56. The van der Waals surface area contributed by atoms with Gasteiger partial charge in [0.05, 0.1) is 6.10 Å². The predicted molar refractivity (Wildman–Crippen MR) is 83.7 cm³/mol. The Bertz CT molecular complexity index is 548. The first-order valence-electron chi connectivity index (χ1n) is 7.04. The van der Waals surface area contributed by atoms with Crippen molar-refractivity contribution in [3.05, 3.63) is 70.8 Å². The number of hydrogen-bond donors (Lipinski definition) is 1. The van der Waals surface area contributed by atoms with Crippen molar-refractivity contribution >= 4 is 0 Å². The maximum absolute atomic E-state index is 10.3. The highest BCUT2D eigenvalue weighted by atomic mass is 16.3. The van der Waals surface area contributed by atoms with Crippen LogP contribution >= 0.6 is 0 Å². The molecule has 2 heteroatoms.